The smallest absolute Gasteiger partial charge is 0.421 e. The molecule has 0 aromatic heterocycles. The van der Waals surface area contributed by atoms with Crippen molar-refractivity contribution in [1.82, 2.24) is 14.3 Å². The number of carbonyl (C=O) groups is 1. The molecule has 2 saturated heterocycles. The van der Waals surface area contributed by atoms with Gasteiger partial charge in [-0.25, -0.2) is 9.52 Å². The average Bonchev–Trinajstić information content (AvgIpc) is 2.75. The van der Waals surface area contributed by atoms with Gasteiger partial charge in [-0.15, -0.1) is 0 Å². The van der Waals surface area contributed by atoms with E-state index in [0.29, 0.717) is 24.9 Å². The van der Waals surface area contributed by atoms with E-state index in [1.165, 1.54) is 4.31 Å². The largest absolute Gasteiger partial charge is 0.449 e. The van der Waals surface area contributed by atoms with Crippen molar-refractivity contribution in [1.29, 1.82) is 0 Å². The van der Waals surface area contributed by atoms with E-state index in [4.69, 9.17) is 0 Å². The van der Waals surface area contributed by atoms with E-state index in [9.17, 15) is 13.2 Å². The van der Waals surface area contributed by atoms with Gasteiger partial charge < -0.3 is 10.1 Å². The van der Waals surface area contributed by atoms with Gasteiger partial charge in [0.25, 0.3) is 0 Å². The molecule has 2 aliphatic rings. The fourth-order valence-corrected chi connectivity index (χ4v) is 3.51. The second kappa shape index (κ2) is 4.79. The van der Waals surface area contributed by atoms with Crippen LogP contribution >= 0.6 is 0 Å². The van der Waals surface area contributed by atoms with Crippen LogP contribution in [0.5, 0.6) is 0 Å². The summed E-state index contributed by atoms with van der Waals surface area (Å²) in [4.78, 5) is 11.1. The lowest BCUT2D eigenvalue weighted by Crippen LogP contribution is -2.43. The summed E-state index contributed by atoms with van der Waals surface area (Å²) in [5, 5.41) is 3.22. The molecule has 0 saturated carbocycles. The van der Waals surface area contributed by atoms with Crippen molar-refractivity contribution >= 4 is 16.3 Å². The first kappa shape index (κ1) is 12.6. The molecule has 2 atom stereocenters. The van der Waals surface area contributed by atoms with Gasteiger partial charge in [-0.2, -0.15) is 12.7 Å². The van der Waals surface area contributed by atoms with Crippen LogP contribution in [0.15, 0.2) is 0 Å². The van der Waals surface area contributed by atoms with Gasteiger partial charge in [-0.05, 0) is 31.8 Å². The molecule has 0 aromatic carbocycles. The van der Waals surface area contributed by atoms with Crippen LogP contribution in [0.25, 0.3) is 0 Å². The summed E-state index contributed by atoms with van der Waals surface area (Å²) in [6, 6.07) is 0. The first-order valence-corrected chi connectivity index (χ1v) is 7.12. The maximum absolute atomic E-state index is 11.8. The monoisotopic (exact) mass is 263 g/mol. The van der Waals surface area contributed by atoms with E-state index in [1.807, 2.05) is 4.72 Å². The summed E-state index contributed by atoms with van der Waals surface area (Å²) >= 11 is 0. The SMILES string of the molecule is CCOC(=O)NS(=O)(=O)N1CC2CNCC2C1. The standard InChI is InChI=1S/C9H17N3O4S/c1-2-16-9(13)11-17(14,15)12-5-7-3-10-4-8(7)6-12/h7-8,10H,2-6H2,1H3,(H,11,13). The minimum absolute atomic E-state index is 0.149. The van der Waals surface area contributed by atoms with Crippen molar-refractivity contribution < 1.29 is 17.9 Å². The molecular formula is C9H17N3O4S. The molecule has 2 heterocycles. The van der Waals surface area contributed by atoms with Gasteiger partial charge in [0.2, 0.25) is 0 Å². The number of amides is 1. The number of rotatable bonds is 3. The zero-order chi connectivity index (χ0) is 12.5. The van der Waals surface area contributed by atoms with Crippen LogP contribution in [-0.4, -0.2) is 51.6 Å². The molecule has 0 aliphatic carbocycles. The molecule has 0 radical (unpaired) electrons. The number of hydrogen-bond donors (Lipinski definition) is 2. The third kappa shape index (κ3) is 2.70. The zero-order valence-corrected chi connectivity index (χ0v) is 10.5. The second-order valence-corrected chi connectivity index (χ2v) is 5.99. The molecule has 2 N–H and O–H groups in total. The van der Waals surface area contributed by atoms with Crippen LogP contribution in [0.3, 0.4) is 0 Å². The van der Waals surface area contributed by atoms with Gasteiger partial charge in [-0.1, -0.05) is 0 Å². The molecule has 7 nitrogen and oxygen atoms in total. The van der Waals surface area contributed by atoms with Gasteiger partial charge in [0.05, 0.1) is 6.61 Å². The quantitative estimate of drug-likeness (QED) is 0.691. The zero-order valence-electron chi connectivity index (χ0n) is 9.68. The summed E-state index contributed by atoms with van der Waals surface area (Å²) in [7, 11) is -3.74. The minimum atomic E-state index is -3.74. The first-order valence-electron chi connectivity index (χ1n) is 5.68. The second-order valence-electron chi connectivity index (χ2n) is 4.32. The normalized spacial score (nSPS) is 29.0. The average molecular weight is 263 g/mol. The van der Waals surface area contributed by atoms with Crippen molar-refractivity contribution in [2.24, 2.45) is 11.8 Å². The Morgan fingerprint density at radius 3 is 2.53 bits per heavy atom. The van der Waals surface area contributed by atoms with Crippen LogP contribution in [0.2, 0.25) is 0 Å². The number of fused-ring (bicyclic) bond motifs is 1. The Labute approximate surface area is 101 Å². The molecule has 1 amide bonds. The Balaban J connectivity index is 1.95. The van der Waals surface area contributed by atoms with Gasteiger partial charge in [0.1, 0.15) is 0 Å². The summed E-state index contributed by atoms with van der Waals surface area (Å²) in [5.74, 6) is 0.711. The van der Waals surface area contributed by atoms with Crippen molar-refractivity contribution in [2.45, 2.75) is 6.92 Å². The Morgan fingerprint density at radius 1 is 1.41 bits per heavy atom. The Morgan fingerprint density at radius 2 is 2.00 bits per heavy atom. The molecule has 0 bridgehead atoms. The van der Waals surface area contributed by atoms with Gasteiger partial charge in [-0.3, -0.25) is 0 Å². The van der Waals surface area contributed by atoms with Gasteiger partial charge in [0, 0.05) is 13.1 Å². The molecule has 8 heteroatoms. The Hall–Kier alpha value is -0.860. The molecule has 2 unspecified atom stereocenters. The number of carbonyl (C=O) groups excluding carboxylic acids is 1. The minimum Gasteiger partial charge on any atom is -0.449 e. The topological polar surface area (TPSA) is 87.7 Å². The van der Waals surface area contributed by atoms with Crippen LogP contribution in [-0.2, 0) is 14.9 Å². The summed E-state index contributed by atoms with van der Waals surface area (Å²) in [6.07, 6.45) is -0.914. The third-order valence-electron chi connectivity index (χ3n) is 3.18. The Bertz CT molecular complexity index is 385. The summed E-state index contributed by atoms with van der Waals surface area (Å²) < 4.78 is 31.5. The van der Waals surface area contributed by atoms with Crippen LogP contribution in [0.1, 0.15) is 6.92 Å². The lowest BCUT2D eigenvalue weighted by atomic mass is 10.0. The van der Waals surface area contributed by atoms with E-state index in [-0.39, 0.29) is 6.61 Å². The maximum Gasteiger partial charge on any atom is 0.421 e. The molecule has 17 heavy (non-hydrogen) atoms. The van der Waals surface area contributed by atoms with Crippen molar-refractivity contribution in [2.75, 3.05) is 32.8 Å². The highest BCUT2D eigenvalue weighted by Crippen LogP contribution is 2.27. The van der Waals surface area contributed by atoms with E-state index in [2.05, 4.69) is 10.1 Å². The fraction of sp³-hybridized carbons (Fsp3) is 0.889. The highest BCUT2D eigenvalue weighted by atomic mass is 32.2. The highest BCUT2D eigenvalue weighted by molar-refractivity contribution is 7.87. The third-order valence-corrected chi connectivity index (χ3v) is 4.59. The fourth-order valence-electron chi connectivity index (χ4n) is 2.34. The van der Waals surface area contributed by atoms with E-state index in [1.54, 1.807) is 6.92 Å². The predicted octanol–water partition coefficient (Wildman–Crippen LogP) is -0.871. The molecule has 2 aliphatic heterocycles. The molecule has 98 valence electrons. The number of ether oxygens (including phenoxy) is 1. The van der Waals surface area contributed by atoms with Crippen molar-refractivity contribution in [3.8, 4) is 0 Å². The van der Waals surface area contributed by atoms with E-state index in [0.717, 1.165) is 13.1 Å². The number of nitrogens with one attached hydrogen (secondary N) is 2. The van der Waals surface area contributed by atoms with Gasteiger partial charge in [0.15, 0.2) is 0 Å². The Kier molecular flexibility index (Phi) is 3.55. The van der Waals surface area contributed by atoms with E-state index >= 15 is 0 Å². The molecule has 2 fully saturated rings. The summed E-state index contributed by atoms with van der Waals surface area (Å²) in [5.41, 5.74) is 0. The molecule has 2 rings (SSSR count). The maximum atomic E-state index is 11.8. The van der Waals surface area contributed by atoms with Crippen LogP contribution in [0.4, 0.5) is 4.79 Å². The van der Waals surface area contributed by atoms with Crippen LogP contribution < -0.4 is 10.0 Å². The predicted molar refractivity (Wildman–Crippen MR) is 60.5 cm³/mol. The lowest BCUT2D eigenvalue weighted by Gasteiger charge is -2.17. The molecule has 0 spiro atoms. The van der Waals surface area contributed by atoms with Crippen molar-refractivity contribution in [3.05, 3.63) is 0 Å². The number of hydrogen-bond acceptors (Lipinski definition) is 5. The summed E-state index contributed by atoms with van der Waals surface area (Å²) in [6.45, 7) is 4.39. The first-order chi connectivity index (χ1) is 8.03. The van der Waals surface area contributed by atoms with E-state index < -0.39 is 16.3 Å². The number of nitrogens with zero attached hydrogens (tertiary/aromatic N) is 1. The van der Waals surface area contributed by atoms with Gasteiger partial charge >= 0.3 is 16.3 Å². The van der Waals surface area contributed by atoms with Crippen molar-refractivity contribution in [3.63, 3.8) is 0 Å². The lowest BCUT2D eigenvalue weighted by molar-refractivity contribution is 0.158. The highest BCUT2D eigenvalue weighted by Gasteiger charge is 2.41. The van der Waals surface area contributed by atoms with Crippen LogP contribution in [0, 0.1) is 11.8 Å². The molecular weight excluding hydrogens is 246 g/mol. The molecule has 0 aromatic rings.